The predicted octanol–water partition coefficient (Wildman–Crippen LogP) is 0.141. The Morgan fingerprint density at radius 1 is 1.53 bits per heavy atom. The van der Waals surface area contributed by atoms with Gasteiger partial charge in [0.25, 0.3) is 0 Å². The van der Waals surface area contributed by atoms with E-state index in [2.05, 4.69) is 4.98 Å². The number of aromatic nitrogens is 1. The van der Waals surface area contributed by atoms with Gasteiger partial charge in [-0.1, -0.05) is 6.07 Å². The molecule has 4 nitrogen and oxygen atoms in total. The molecule has 0 saturated carbocycles. The Morgan fingerprint density at radius 3 is 2.80 bits per heavy atom. The van der Waals surface area contributed by atoms with E-state index in [1.54, 1.807) is 0 Å². The van der Waals surface area contributed by atoms with Crippen molar-refractivity contribution < 1.29 is 5.11 Å². The van der Waals surface area contributed by atoms with Crippen LogP contribution in [0.15, 0.2) is 18.2 Å². The van der Waals surface area contributed by atoms with E-state index in [-0.39, 0.29) is 12.6 Å². The Kier molecular flexibility index (Phi) is 4.68. The quantitative estimate of drug-likeness (QED) is 0.724. The van der Waals surface area contributed by atoms with Crippen LogP contribution < -0.4 is 5.73 Å². The van der Waals surface area contributed by atoms with E-state index in [1.165, 1.54) is 0 Å². The Labute approximate surface area is 90.7 Å². The molecule has 1 heterocycles. The van der Waals surface area contributed by atoms with Gasteiger partial charge in [0.05, 0.1) is 12.3 Å². The van der Waals surface area contributed by atoms with Crippen molar-refractivity contribution in [3.8, 4) is 0 Å². The molecular formula is C11H19N3O. The number of pyridine rings is 1. The highest BCUT2D eigenvalue weighted by Crippen LogP contribution is 2.04. The molecule has 0 fully saturated rings. The first-order valence-electron chi connectivity index (χ1n) is 5.11. The summed E-state index contributed by atoms with van der Waals surface area (Å²) in [5.41, 5.74) is 7.56. The third kappa shape index (κ3) is 3.58. The van der Waals surface area contributed by atoms with Crippen LogP contribution in [-0.4, -0.2) is 41.2 Å². The Balaban J connectivity index is 2.61. The van der Waals surface area contributed by atoms with Gasteiger partial charge in [0.2, 0.25) is 0 Å². The van der Waals surface area contributed by atoms with Crippen LogP contribution in [-0.2, 0) is 6.54 Å². The monoisotopic (exact) mass is 209 g/mol. The van der Waals surface area contributed by atoms with Crippen LogP contribution in [0.4, 0.5) is 0 Å². The van der Waals surface area contributed by atoms with Crippen LogP contribution in [0.25, 0.3) is 0 Å². The number of nitrogens with zero attached hydrogens (tertiary/aromatic N) is 2. The second-order valence-corrected chi connectivity index (χ2v) is 3.76. The maximum absolute atomic E-state index is 9.09. The highest BCUT2D eigenvalue weighted by molar-refractivity contribution is 5.09. The lowest BCUT2D eigenvalue weighted by Gasteiger charge is -2.24. The van der Waals surface area contributed by atoms with E-state index in [4.69, 9.17) is 10.8 Å². The number of hydrogen-bond acceptors (Lipinski definition) is 4. The molecule has 0 amide bonds. The van der Waals surface area contributed by atoms with Gasteiger partial charge in [0.15, 0.2) is 0 Å². The summed E-state index contributed by atoms with van der Waals surface area (Å²) in [5, 5.41) is 9.09. The van der Waals surface area contributed by atoms with Crippen LogP contribution in [0.5, 0.6) is 0 Å². The molecule has 0 bridgehead atoms. The smallest absolute Gasteiger partial charge is 0.0599 e. The van der Waals surface area contributed by atoms with Gasteiger partial charge in [-0.3, -0.25) is 9.88 Å². The molecule has 0 aliphatic carbocycles. The Morgan fingerprint density at radius 2 is 2.27 bits per heavy atom. The second kappa shape index (κ2) is 5.80. The average molecular weight is 209 g/mol. The van der Waals surface area contributed by atoms with Gasteiger partial charge in [0.1, 0.15) is 0 Å². The molecule has 0 aliphatic heterocycles. The summed E-state index contributed by atoms with van der Waals surface area (Å²) in [4.78, 5) is 6.42. The van der Waals surface area contributed by atoms with Gasteiger partial charge in [-0.2, -0.15) is 0 Å². The van der Waals surface area contributed by atoms with Crippen molar-refractivity contribution >= 4 is 0 Å². The zero-order valence-electron chi connectivity index (χ0n) is 9.35. The molecular weight excluding hydrogens is 190 g/mol. The molecule has 0 aliphatic rings. The first kappa shape index (κ1) is 12.1. The molecule has 1 atom stereocenters. The zero-order chi connectivity index (χ0) is 11.3. The average Bonchev–Trinajstić information content (AvgIpc) is 2.19. The normalized spacial score (nSPS) is 13.1. The SMILES string of the molecule is Cc1cccc(CN(C)C(CN)CO)n1. The molecule has 4 heteroatoms. The fourth-order valence-corrected chi connectivity index (χ4v) is 1.47. The molecule has 0 radical (unpaired) electrons. The zero-order valence-corrected chi connectivity index (χ0v) is 9.35. The van der Waals surface area contributed by atoms with E-state index in [0.29, 0.717) is 13.1 Å². The number of hydrogen-bond donors (Lipinski definition) is 2. The standard InChI is InChI=1S/C11H19N3O/c1-9-4-3-5-10(13-9)7-14(2)11(6-12)8-15/h3-5,11,15H,6-8,12H2,1-2H3. The largest absolute Gasteiger partial charge is 0.395 e. The molecule has 1 aromatic rings. The van der Waals surface area contributed by atoms with E-state index in [9.17, 15) is 0 Å². The maximum Gasteiger partial charge on any atom is 0.0599 e. The van der Waals surface area contributed by atoms with Crippen molar-refractivity contribution in [1.29, 1.82) is 0 Å². The Hall–Kier alpha value is -0.970. The van der Waals surface area contributed by atoms with Crippen molar-refractivity contribution in [3.05, 3.63) is 29.6 Å². The van der Waals surface area contributed by atoms with E-state index in [0.717, 1.165) is 11.4 Å². The third-order valence-electron chi connectivity index (χ3n) is 2.46. The lowest BCUT2D eigenvalue weighted by Crippen LogP contribution is -2.40. The maximum atomic E-state index is 9.09. The molecule has 84 valence electrons. The van der Waals surface area contributed by atoms with Gasteiger partial charge in [0, 0.05) is 24.8 Å². The Bertz CT molecular complexity index is 300. The summed E-state index contributed by atoms with van der Waals surface area (Å²) in [6.07, 6.45) is 0. The van der Waals surface area contributed by atoms with Crippen LogP contribution in [0.1, 0.15) is 11.4 Å². The van der Waals surface area contributed by atoms with Gasteiger partial charge < -0.3 is 10.8 Å². The lowest BCUT2D eigenvalue weighted by molar-refractivity contribution is 0.145. The molecule has 0 saturated heterocycles. The summed E-state index contributed by atoms with van der Waals surface area (Å²) < 4.78 is 0. The predicted molar refractivity (Wildman–Crippen MR) is 60.4 cm³/mol. The molecule has 0 aromatic carbocycles. The van der Waals surface area contributed by atoms with Crippen molar-refractivity contribution in [2.24, 2.45) is 5.73 Å². The van der Waals surface area contributed by atoms with Crippen LogP contribution in [0.3, 0.4) is 0 Å². The molecule has 15 heavy (non-hydrogen) atoms. The van der Waals surface area contributed by atoms with Gasteiger partial charge in [-0.25, -0.2) is 0 Å². The highest BCUT2D eigenvalue weighted by atomic mass is 16.3. The number of rotatable bonds is 5. The minimum atomic E-state index is 0.00677. The summed E-state index contributed by atoms with van der Waals surface area (Å²) >= 11 is 0. The number of likely N-dealkylation sites (N-methyl/N-ethyl adjacent to an activating group) is 1. The summed E-state index contributed by atoms with van der Waals surface area (Å²) in [6, 6.07) is 5.94. The van der Waals surface area contributed by atoms with Crippen LogP contribution in [0, 0.1) is 6.92 Å². The fraction of sp³-hybridized carbons (Fsp3) is 0.545. The van der Waals surface area contributed by atoms with Gasteiger partial charge in [-0.15, -0.1) is 0 Å². The van der Waals surface area contributed by atoms with Crippen molar-refractivity contribution in [3.63, 3.8) is 0 Å². The van der Waals surface area contributed by atoms with Crippen molar-refractivity contribution in [1.82, 2.24) is 9.88 Å². The van der Waals surface area contributed by atoms with Crippen molar-refractivity contribution in [2.45, 2.75) is 19.5 Å². The topological polar surface area (TPSA) is 62.4 Å². The summed E-state index contributed by atoms with van der Waals surface area (Å²) in [5.74, 6) is 0. The number of aliphatic hydroxyl groups excluding tert-OH is 1. The lowest BCUT2D eigenvalue weighted by atomic mass is 10.2. The number of aliphatic hydroxyl groups is 1. The van der Waals surface area contributed by atoms with E-state index >= 15 is 0 Å². The third-order valence-corrected chi connectivity index (χ3v) is 2.46. The van der Waals surface area contributed by atoms with Gasteiger partial charge >= 0.3 is 0 Å². The highest BCUT2D eigenvalue weighted by Gasteiger charge is 2.12. The van der Waals surface area contributed by atoms with E-state index in [1.807, 2.05) is 37.1 Å². The minimum Gasteiger partial charge on any atom is -0.395 e. The van der Waals surface area contributed by atoms with Crippen LogP contribution >= 0.6 is 0 Å². The van der Waals surface area contributed by atoms with Crippen LogP contribution in [0.2, 0.25) is 0 Å². The minimum absolute atomic E-state index is 0.00677. The molecule has 1 rings (SSSR count). The summed E-state index contributed by atoms with van der Waals surface area (Å²) in [7, 11) is 1.94. The number of aryl methyl sites for hydroxylation is 1. The molecule has 1 unspecified atom stereocenters. The molecule has 1 aromatic heterocycles. The first-order chi connectivity index (χ1) is 7.17. The number of nitrogens with two attached hydrogens (primary N) is 1. The fourth-order valence-electron chi connectivity index (χ4n) is 1.47. The van der Waals surface area contributed by atoms with E-state index < -0.39 is 0 Å². The second-order valence-electron chi connectivity index (χ2n) is 3.76. The molecule has 3 N–H and O–H groups in total. The summed E-state index contributed by atoms with van der Waals surface area (Å²) in [6.45, 7) is 3.22. The first-order valence-corrected chi connectivity index (χ1v) is 5.11. The van der Waals surface area contributed by atoms with Gasteiger partial charge in [-0.05, 0) is 26.1 Å². The molecule has 0 spiro atoms. The van der Waals surface area contributed by atoms with Crippen molar-refractivity contribution in [2.75, 3.05) is 20.2 Å².